The highest BCUT2D eigenvalue weighted by atomic mass is 32.1. The van der Waals surface area contributed by atoms with E-state index >= 15 is 0 Å². The summed E-state index contributed by atoms with van der Waals surface area (Å²) in [5, 5.41) is 5.97. The van der Waals surface area contributed by atoms with E-state index in [4.69, 9.17) is 23.7 Å². The Labute approximate surface area is 167 Å². The lowest BCUT2D eigenvalue weighted by Gasteiger charge is -2.14. The molecule has 0 saturated carbocycles. The second-order valence-corrected chi connectivity index (χ2v) is 6.50. The number of anilines is 2. The molecule has 0 fully saturated rings. The summed E-state index contributed by atoms with van der Waals surface area (Å²) in [4.78, 5) is 4.67. The van der Waals surface area contributed by atoms with Crippen LogP contribution in [0.5, 0.6) is 28.7 Å². The molecule has 0 saturated heterocycles. The molecule has 148 valence electrons. The van der Waals surface area contributed by atoms with Gasteiger partial charge in [0.2, 0.25) is 5.75 Å². The molecule has 8 heteroatoms. The molecule has 0 aliphatic carbocycles. The van der Waals surface area contributed by atoms with Crippen LogP contribution in [0.4, 0.5) is 10.8 Å². The van der Waals surface area contributed by atoms with Gasteiger partial charge < -0.3 is 29.0 Å². The minimum absolute atomic E-state index is 0.540. The fraction of sp³-hybridized carbons (Fsp3) is 0.250. The van der Waals surface area contributed by atoms with Gasteiger partial charge >= 0.3 is 0 Å². The third kappa shape index (κ3) is 3.91. The Hall–Kier alpha value is -3.13. The van der Waals surface area contributed by atoms with E-state index in [1.165, 1.54) is 11.3 Å². The highest BCUT2D eigenvalue weighted by Crippen LogP contribution is 2.41. The maximum absolute atomic E-state index is 5.47. The predicted octanol–water partition coefficient (Wildman–Crippen LogP) is 4.60. The zero-order valence-electron chi connectivity index (χ0n) is 16.4. The van der Waals surface area contributed by atoms with Crippen LogP contribution in [-0.2, 0) is 0 Å². The average molecular weight is 402 g/mol. The molecule has 28 heavy (non-hydrogen) atoms. The predicted molar refractivity (Wildman–Crippen MR) is 110 cm³/mol. The van der Waals surface area contributed by atoms with Crippen molar-refractivity contribution in [2.45, 2.75) is 0 Å². The van der Waals surface area contributed by atoms with Gasteiger partial charge in [-0.3, -0.25) is 0 Å². The lowest BCUT2D eigenvalue weighted by Crippen LogP contribution is -1.97. The second-order valence-electron chi connectivity index (χ2n) is 5.64. The van der Waals surface area contributed by atoms with Crippen LogP contribution in [0.1, 0.15) is 0 Å². The van der Waals surface area contributed by atoms with Crippen molar-refractivity contribution < 1.29 is 23.7 Å². The zero-order chi connectivity index (χ0) is 20.1. The molecular formula is C20H22N2O5S. The van der Waals surface area contributed by atoms with Crippen LogP contribution >= 0.6 is 11.3 Å². The van der Waals surface area contributed by atoms with Crippen LogP contribution in [-0.4, -0.2) is 40.5 Å². The van der Waals surface area contributed by atoms with Crippen molar-refractivity contribution in [2.75, 3.05) is 40.9 Å². The number of thiazole rings is 1. The first kappa shape index (κ1) is 19.6. The Morgan fingerprint density at radius 1 is 0.786 bits per heavy atom. The van der Waals surface area contributed by atoms with Gasteiger partial charge in [-0.1, -0.05) is 0 Å². The maximum Gasteiger partial charge on any atom is 0.203 e. The molecule has 0 aliphatic rings. The first-order chi connectivity index (χ1) is 13.6. The van der Waals surface area contributed by atoms with Crippen molar-refractivity contribution in [2.24, 2.45) is 0 Å². The summed E-state index contributed by atoms with van der Waals surface area (Å²) in [5.74, 6) is 3.10. The first-order valence-corrected chi connectivity index (χ1v) is 9.26. The summed E-state index contributed by atoms with van der Waals surface area (Å²) >= 11 is 1.48. The zero-order valence-corrected chi connectivity index (χ0v) is 17.2. The number of benzene rings is 2. The van der Waals surface area contributed by atoms with Crippen molar-refractivity contribution in [3.8, 4) is 40.0 Å². The van der Waals surface area contributed by atoms with Gasteiger partial charge in [0.25, 0.3) is 0 Å². The van der Waals surface area contributed by atoms with E-state index in [1.54, 1.807) is 35.5 Å². The third-order valence-corrected chi connectivity index (χ3v) is 4.86. The van der Waals surface area contributed by atoms with E-state index in [1.807, 2.05) is 35.7 Å². The minimum Gasteiger partial charge on any atom is -0.497 e. The summed E-state index contributed by atoms with van der Waals surface area (Å²) in [7, 11) is 7.98. The monoisotopic (exact) mass is 402 g/mol. The molecule has 1 heterocycles. The Balaban J connectivity index is 1.90. The van der Waals surface area contributed by atoms with E-state index in [0.717, 1.165) is 27.8 Å². The number of hydrogen-bond acceptors (Lipinski definition) is 8. The topological polar surface area (TPSA) is 71.1 Å². The van der Waals surface area contributed by atoms with Crippen molar-refractivity contribution in [1.29, 1.82) is 0 Å². The van der Waals surface area contributed by atoms with E-state index in [2.05, 4.69) is 10.3 Å². The van der Waals surface area contributed by atoms with Gasteiger partial charge in [0, 0.05) is 34.8 Å². The lowest BCUT2D eigenvalue weighted by atomic mass is 10.1. The first-order valence-electron chi connectivity index (χ1n) is 8.38. The van der Waals surface area contributed by atoms with Crippen LogP contribution < -0.4 is 29.0 Å². The molecular weight excluding hydrogens is 380 g/mol. The van der Waals surface area contributed by atoms with Crippen LogP contribution in [0, 0.1) is 0 Å². The molecule has 1 aromatic heterocycles. The summed E-state index contributed by atoms with van der Waals surface area (Å²) in [6.45, 7) is 0. The fourth-order valence-electron chi connectivity index (χ4n) is 2.74. The van der Waals surface area contributed by atoms with Crippen LogP contribution in [0.3, 0.4) is 0 Å². The van der Waals surface area contributed by atoms with Crippen molar-refractivity contribution in [3.05, 3.63) is 35.7 Å². The Morgan fingerprint density at radius 2 is 1.46 bits per heavy atom. The molecule has 0 atom stereocenters. The van der Waals surface area contributed by atoms with Crippen molar-refractivity contribution >= 4 is 22.2 Å². The molecule has 0 amide bonds. The van der Waals surface area contributed by atoms with Crippen LogP contribution in [0.15, 0.2) is 35.7 Å². The second kappa shape index (κ2) is 8.71. The van der Waals surface area contributed by atoms with Gasteiger partial charge in [-0.2, -0.15) is 0 Å². The molecule has 3 aromatic rings. The quantitative estimate of drug-likeness (QED) is 0.590. The largest absolute Gasteiger partial charge is 0.497 e. The molecule has 0 spiro atoms. The number of aromatic nitrogens is 1. The molecule has 0 aliphatic heterocycles. The molecule has 0 bridgehead atoms. The van der Waals surface area contributed by atoms with Crippen LogP contribution in [0.25, 0.3) is 11.3 Å². The van der Waals surface area contributed by atoms with Gasteiger partial charge in [0.15, 0.2) is 16.6 Å². The Kier molecular flexibility index (Phi) is 6.10. The highest BCUT2D eigenvalue weighted by Gasteiger charge is 2.15. The Morgan fingerprint density at radius 3 is 2.04 bits per heavy atom. The fourth-order valence-corrected chi connectivity index (χ4v) is 3.47. The number of hydrogen-bond donors (Lipinski definition) is 1. The average Bonchev–Trinajstić information content (AvgIpc) is 3.20. The Bertz CT molecular complexity index is 933. The van der Waals surface area contributed by atoms with E-state index < -0.39 is 0 Å². The SMILES string of the molecule is COc1ccc(-c2csc(Nc3cc(OC)c(OC)c(OC)c3)n2)c(OC)c1. The number of nitrogens with zero attached hydrogens (tertiary/aromatic N) is 1. The summed E-state index contributed by atoms with van der Waals surface area (Å²) in [6.07, 6.45) is 0. The maximum atomic E-state index is 5.47. The lowest BCUT2D eigenvalue weighted by molar-refractivity contribution is 0.324. The third-order valence-electron chi connectivity index (χ3n) is 4.10. The standard InChI is InChI=1S/C20H22N2O5S/c1-23-13-6-7-14(16(10-13)24-2)15-11-28-20(22-15)21-12-8-17(25-3)19(27-5)18(9-12)26-4/h6-11H,1-5H3,(H,21,22). The van der Waals surface area contributed by atoms with E-state index in [9.17, 15) is 0 Å². The van der Waals surface area contributed by atoms with E-state index in [0.29, 0.717) is 23.0 Å². The summed E-state index contributed by atoms with van der Waals surface area (Å²) in [5.41, 5.74) is 2.47. The summed E-state index contributed by atoms with van der Waals surface area (Å²) < 4.78 is 26.9. The van der Waals surface area contributed by atoms with Gasteiger partial charge in [-0.25, -0.2) is 4.98 Å². The normalized spacial score (nSPS) is 10.3. The molecule has 0 unspecified atom stereocenters. The van der Waals surface area contributed by atoms with Gasteiger partial charge in [-0.05, 0) is 12.1 Å². The van der Waals surface area contributed by atoms with Gasteiger partial charge in [-0.15, -0.1) is 11.3 Å². The van der Waals surface area contributed by atoms with E-state index in [-0.39, 0.29) is 0 Å². The molecule has 7 nitrogen and oxygen atoms in total. The molecule has 3 rings (SSSR count). The van der Waals surface area contributed by atoms with Crippen LogP contribution in [0.2, 0.25) is 0 Å². The number of rotatable bonds is 8. The summed E-state index contributed by atoms with van der Waals surface area (Å²) in [6, 6.07) is 9.30. The van der Waals surface area contributed by atoms with Gasteiger partial charge in [0.1, 0.15) is 11.5 Å². The van der Waals surface area contributed by atoms with Gasteiger partial charge in [0.05, 0.1) is 41.2 Å². The molecule has 0 radical (unpaired) electrons. The highest BCUT2D eigenvalue weighted by molar-refractivity contribution is 7.14. The molecule has 1 N–H and O–H groups in total. The number of ether oxygens (including phenoxy) is 5. The number of nitrogens with one attached hydrogen (secondary N) is 1. The smallest absolute Gasteiger partial charge is 0.203 e. The molecule has 2 aromatic carbocycles. The minimum atomic E-state index is 0.540. The van der Waals surface area contributed by atoms with Crippen molar-refractivity contribution in [3.63, 3.8) is 0 Å². The number of methoxy groups -OCH3 is 5. The van der Waals surface area contributed by atoms with Crippen molar-refractivity contribution in [1.82, 2.24) is 4.98 Å².